The maximum absolute atomic E-state index is 11.1. The fraction of sp³-hybridized carbons (Fsp3) is 0. The molecule has 0 saturated carbocycles. The number of nitrogens with zero attached hydrogens (tertiary/aromatic N) is 6. The number of benzene rings is 8. The van der Waals surface area contributed by atoms with Gasteiger partial charge < -0.3 is 13.6 Å². The molecule has 0 aliphatic heterocycles. The molecule has 0 aliphatic rings. The monoisotopic (exact) mass is 778 g/mol. The Bertz CT molecular complexity index is 3840. The Kier molecular flexibility index (Phi) is 7.52. The number of fused-ring (bicyclic) bond motifs is 10. The van der Waals surface area contributed by atoms with E-state index in [9.17, 15) is 10.5 Å². The Morgan fingerprint density at radius 1 is 0.475 bits per heavy atom. The summed E-state index contributed by atoms with van der Waals surface area (Å²) in [5.74, 6) is 0.416. The van der Waals surface area contributed by atoms with E-state index in [0.29, 0.717) is 45.0 Å². The van der Waals surface area contributed by atoms with Gasteiger partial charge in [0.25, 0.3) is 0 Å². The van der Waals surface area contributed by atoms with Gasteiger partial charge in [-0.15, -0.1) is 0 Å². The number of para-hydroxylation sites is 5. The zero-order valence-electron chi connectivity index (χ0n) is 32.4. The normalized spacial score (nSPS) is 11.6. The van der Waals surface area contributed by atoms with Crippen molar-refractivity contribution in [2.24, 2.45) is 0 Å². The van der Waals surface area contributed by atoms with Crippen LogP contribution < -0.4 is 0 Å². The molecule has 61 heavy (non-hydrogen) atoms. The maximum Gasteiger partial charge on any atom is 0.164 e. The van der Waals surface area contributed by atoms with Crippen LogP contribution in [0.25, 0.3) is 111 Å². The highest BCUT2D eigenvalue weighted by Crippen LogP contribution is 2.43. The molecule has 0 N–H and O–H groups in total. The molecule has 7 nitrogen and oxygen atoms in total. The van der Waals surface area contributed by atoms with Crippen LogP contribution in [0, 0.1) is 22.7 Å². The van der Waals surface area contributed by atoms with Crippen molar-refractivity contribution < 1.29 is 4.42 Å². The van der Waals surface area contributed by atoms with E-state index in [4.69, 9.17) is 14.4 Å². The smallest absolute Gasteiger partial charge is 0.164 e. The average molecular weight is 779 g/mol. The van der Waals surface area contributed by atoms with Gasteiger partial charge in [-0.25, -0.2) is 9.97 Å². The van der Waals surface area contributed by atoms with E-state index >= 15 is 0 Å². The summed E-state index contributed by atoms with van der Waals surface area (Å²) in [5.41, 5.74) is 11.2. The van der Waals surface area contributed by atoms with Crippen molar-refractivity contribution in [3.63, 3.8) is 0 Å². The lowest BCUT2D eigenvalue weighted by Gasteiger charge is -2.15. The van der Waals surface area contributed by atoms with E-state index < -0.39 is 0 Å². The number of hydrogen-bond donors (Lipinski definition) is 0. The van der Waals surface area contributed by atoms with Crippen LogP contribution >= 0.6 is 0 Å². The first-order valence-corrected chi connectivity index (χ1v) is 20.0. The number of rotatable bonds is 5. The lowest BCUT2D eigenvalue weighted by Crippen LogP contribution is -2.03. The highest BCUT2D eigenvalue weighted by molar-refractivity contribution is 6.26. The molecule has 0 bridgehead atoms. The Balaban J connectivity index is 1.13. The summed E-state index contributed by atoms with van der Waals surface area (Å²) in [7, 11) is 0. The zero-order valence-corrected chi connectivity index (χ0v) is 32.4. The molecule has 7 heteroatoms. The third kappa shape index (κ3) is 5.08. The third-order valence-electron chi connectivity index (χ3n) is 11.8. The van der Waals surface area contributed by atoms with Gasteiger partial charge in [-0.2, -0.15) is 10.5 Å². The van der Waals surface area contributed by atoms with Crippen molar-refractivity contribution in [1.82, 2.24) is 19.1 Å². The first kappa shape index (κ1) is 34.3. The Hall–Kier alpha value is -8.78. The van der Waals surface area contributed by atoms with Crippen LogP contribution in [0.3, 0.4) is 0 Å². The van der Waals surface area contributed by atoms with Crippen LogP contribution in [-0.4, -0.2) is 19.1 Å². The second-order valence-electron chi connectivity index (χ2n) is 15.1. The fourth-order valence-electron chi connectivity index (χ4n) is 9.21. The van der Waals surface area contributed by atoms with Crippen molar-refractivity contribution in [3.05, 3.63) is 193 Å². The van der Waals surface area contributed by atoms with Crippen LogP contribution in [0.1, 0.15) is 11.1 Å². The Morgan fingerprint density at radius 3 is 1.90 bits per heavy atom. The van der Waals surface area contributed by atoms with Gasteiger partial charge in [-0.3, -0.25) is 0 Å². The summed E-state index contributed by atoms with van der Waals surface area (Å²) in [6, 6.07) is 66.1. The van der Waals surface area contributed by atoms with Gasteiger partial charge in [0.2, 0.25) is 0 Å². The summed E-state index contributed by atoms with van der Waals surface area (Å²) in [6.45, 7) is 0. The minimum Gasteiger partial charge on any atom is -0.455 e. The molecular formula is C54H30N6O. The van der Waals surface area contributed by atoms with Gasteiger partial charge in [-0.1, -0.05) is 127 Å². The van der Waals surface area contributed by atoms with Gasteiger partial charge in [0.1, 0.15) is 28.9 Å². The lowest BCUT2D eigenvalue weighted by molar-refractivity contribution is 0.669. The quantitative estimate of drug-likeness (QED) is 0.173. The number of hydrogen-bond acceptors (Lipinski definition) is 5. The van der Waals surface area contributed by atoms with Crippen molar-refractivity contribution in [2.75, 3.05) is 0 Å². The lowest BCUT2D eigenvalue weighted by atomic mass is 9.98. The largest absolute Gasteiger partial charge is 0.455 e. The predicted molar refractivity (Wildman–Crippen MR) is 244 cm³/mol. The summed E-state index contributed by atoms with van der Waals surface area (Å²) in [6.07, 6.45) is 0. The first-order chi connectivity index (χ1) is 30.2. The molecule has 0 radical (unpaired) electrons. The first-order valence-electron chi connectivity index (χ1n) is 20.0. The maximum atomic E-state index is 11.1. The molecular weight excluding hydrogens is 749 g/mol. The summed E-state index contributed by atoms with van der Waals surface area (Å²) < 4.78 is 11.0. The van der Waals surface area contributed by atoms with Gasteiger partial charge in [0, 0.05) is 49.1 Å². The van der Waals surface area contributed by atoms with Crippen LogP contribution in [0.15, 0.2) is 186 Å². The summed E-state index contributed by atoms with van der Waals surface area (Å²) >= 11 is 0. The van der Waals surface area contributed by atoms with Crippen molar-refractivity contribution in [2.45, 2.75) is 0 Å². The van der Waals surface area contributed by atoms with Crippen LogP contribution in [0.4, 0.5) is 0 Å². The highest BCUT2D eigenvalue weighted by atomic mass is 16.3. The van der Waals surface area contributed by atoms with Gasteiger partial charge in [-0.05, 0) is 54.6 Å². The molecule has 0 saturated heterocycles. The number of nitriles is 2. The molecule has 0 amide bonds. The molecule has 0 fully saturated rings. The van der Waals surface area contributed by atoms with Crippen molar-refractivity contribution >= 4 is 65.6 Å². The SMILES string of the molecule is N#Cc1cc(-c2nc(-c3cccc4c3oc3ccccc34)nc(-c3ccccc3)c2C#N)ccc1-n1c2ccccc2c2ccc3c(c4ccccc4n3-c3ccccc3)c21. The van der Waals surface area contributed by atoms with E-state index in [0.717, 1.165) is 76.9 Å². The number of aromatic nitrogens is 4. The average Bonchev–Trinajstić information content (AvgIpc) is 3.99. The molecule has 0 unspecified atom stereocenters. The van der Waals surface area contributed by atoms with E-state index in [-0.39, 0.29) is 0 Å². The fourth-order valence-corrected chi connectivity index (χ4v) is 9.21. The second-order valence-corrected chi connectivity index (χ2v) is 15.1. The second kappa shape index (κ2) is 13.4. The predicted octanol–water partition coefficient (Wildman–Crippen LogP) is 13.3. The van der Waals surface area contributed by atoms with E-state index in [1.54, 1.807) is 0 Å². The number of furan rings is 1. The standard InChI is InChI=1S/C54H30N6O/c55-31-35-30-34(51-43(32-56)50(33-14-3-1-4-15-33)57-54(58-51)42-22-13-21-40-38-19-9-12-25-48(38)61-53(40)42)26-28-44(35)60-45-23-10-7-18-37(45)39-27-29-47-49(52(39)60)41-20-8-11-24-46(41)59(47)36-16-5-2-6-17-36/h1-30H. The Labute approximate surface area is 348 Å². The van der Waals surface area contributed by atoms with Gasteiger partial charge in [0.05, 0.1) is 50.3 Å². The molecule has 4 heterocycles. The summed E-state index contributed by atoms with van der Waals surface area (Å²) in [5, 5.41) is 28.3. The van der Waals surface area contributed by atoms with E-state index in [2.05, 4.69) is 100 Å². The third-order valence-corrected chi connectivity index (χ3v) is 11.8. The topological polar surface area (TPSA) is 96.4 Å². The minimum absolute atomic E-state index is 0.315. The highest BCUT2D eigenvalue weighted by Gasteiger charge is 2.25. The van der Waals surface area contributed by atoms with Crippen LogP contribution in [-0.2, 0) is 0 Å². The van der Waals surface area contributed by atoms with Gasteiger partial charge >= 0.3 is 0 Å². The van der Waals surface area contributed by atoms with Crippen LogP contribution in [0.2, 0.25) is 0 Å². The molecule has 4 aromatic heterocycles. The molecule has 282 valence electrons. The summed E-state index contributed by atoms with van der Waals surface area (Å²) in [4.78, 5) is 10.2. The Morgan fingerprint density at radius 2 is 1.13 bits per heavy atom. The van der Waals surface area contributed by atoms with Crippen molar-refractivity contribution in [1.29, 1.82) is 10.5 Å². The molecule has 0 aliphatic carbocycles. The zero-order chi connectivity index (χ0) is 40.6. The van der Waals surface area contributed by atoms with E-state index in [1.165, 1.54) is 0 Å². The molecule has 12 aromatic rings. The molecule has 0 spiro atoms. The molecule has 8 aromatic carbocycles. The molecule has 0 atom stereocenters. The van der Waals surface area contributed by atoms with Crippen molar-refractivity contribution in [3.8, 4) is 57.4 Å². The minimum atomic E-state index is 0.315. The molecule has 12 rings (SSSR count). The van der Waals surface area contributed by atoms with E-state index in [1.807, 2.05) is 103 Å². The van der Waals surface area contributed by atoms with Gasteiger partial charge in [0.15, 0.2) is 5.82 Å². The van der Waals surface area contributed by atoms with Crippen LogP contribution in [0.5, 0.6) is 0 Å².